The van der Waals surface area contributed by atoms with Gasteiger partial charge in [0.1, 0.15) is 17.2 Å². The van der Waals surface area contributed by atoms with Crippen LogP contribution in [-0.4, -0.2) is 7.32 Å². The van der Waals surface area contributed by atoms with Gasteiger partial charge in [0.05, 0.1) is 0 Å². The Labute approximate surface area is 135 Å². The fraction of sp³-hybridized carbons (Fsp3) is 0. The van der Waals surface area contributed by atoms with E-state index in [9.17, 15) is 0 Å². The minimum absolute atomic E-state index is 0.607. The summed E-state index contributed by atoms with van der Waals surface area (Å²) in [4.78, 5) is 0. The van der Waals surface area contributed by atoms with Crippen LogP contribution >= 0.6 is 0 Å². The summed E-state index contributed by atoms with van der Waals surface area (Å²) in [5.74, 6) is 1.92. The molecule has 0 aliphatic carbocycles. The van der Waals surface area contributed by atoms with Crippen LogP contribution in [0.15, 0.2) is 84.9 Å². The molecule has 3 rings (SSSR count). The third-order valence-corrected chi connectivity index (χ3v) is 3.06. The fourth-order valence-electron chi connectivity index (χ4n) is 1.95. The van der Waals surface area contributed by atoms with Gasteiger partial charge in [-0.1, -0.05) is 36.4 Å². The first-order chi connectivity index (χ1) is 11.3. The second-order valence-electron chi connectivity index (χ2n) is 4.84. The van der Waals surface area contributed by atoms with E-state index in [1.165, 1.54) is 0 Å². The van der Waals surface area contributed by atoms with Crippen LogP contribution in [0.3, 0.4) is 0 Å². The van der Waals surface area contributed by atoms with Crippen molar-refractivity contribution in [3.63, 3.8) is 0 Å². The number of benzene rings is 3. The van der Waals surface area contributed by atoms with Gasteiger partial charge in [0.25, 0.3) is 0 Å². The van der Waals surface area contributed by atoms with E-state index in [4.69, 9.17) is 19.7 Å². The summed E-state index contributed by atoms with van der Waals surface area (Å²) in [5, 5.41) is 0. The van der Waals surface area contributed by atoms with Crippen LogP contribution in [0.4, 0.5) is 5.69 Å². The predicted octanol–water partition coefficient (Wildman–Crippen LogP) is 3.79. The third kappa shape index (κ3) is 4.44. The summed E-state index contributed by atoms with van der Waals surface area (Å²) in [7, 11) is -0.913. The standard InChI is InChI=1S/C18H16BNO3/c20-15-11-13-18(14-12-15)23-19(21-16-7-3-1-4-8-16)22-17-9-5-2-6-10-17/h1-14H,20H2. The molecule has 0 spiro atoms. The molecule has 0 bridgehead atoms. The summed E-state index contributed by atoms with van der Waals surface area (Å²) < 4.78 is 17.3. The Hall–Kier alpha value is -3.08. The van der Waals surface area contributed by atoms with Crippen molar-refractivity contribution in [2.75, 3.05) is 5.73 Å². The van der Waals surface area contributed by atoms with E-state index in [1.54, 1.807) is 24.3 Å². The molecule has 2 N–H and O–H groups in total. The van der Waals surface area contributed by atoms with Gasteiger partial charge in [-0.15, -0.1) is 0 Å². The Balaban J connectivity index is 1.76. The first kappa shape index (κ1) is 14.8. The molecule has 0 aromatic heterocycles. The SMILES string of the molecule is Nc1ccc(OB(Oc2ccccc2)Oc2ccccc2)cc1. The molecule has 0 atom stereocenters. The molecule has 0 radical (unpaired) electrons. The number of nitrogen functional groups attached to an aromatic ring is 1. The molecule has 0 aliphatic rings. The van der Waals surface area contributed by atoms with E-state index in [0.29, 0.717) is 22.9 Å². The Morgan fingerprint density at radius 2 is 0.913 bits per heavy atom. The molecule has 23 heavy (non-hydrogen) atoms. The van der Waals surface area contributed by atoms with Gasteiger partial charge in [0, 0.05) is 5.69 Å². The van der Waals surface area contributed by atoms with Crippen LogP contribution in [0.2, 0.25) is 0 Å². The molecule has 114 valence electrons. The topological polar surface area (TPSA) is 53.7 Å². The molecule has 0 unspecified atom stereocenters. The minimum atomic E-state index is -0.913. The zero-order chi connectivity index (χ0) is 15.9. The Morgan fingerprint density at radius 3 is 1.35 bits per heavy atom. The predicted molar refractivity (Wildman–Crippen MR) is 91.4 cm³/mol. The number of anilines is 1. The quantitative estimate of drug-likeness (QED) is 0.556. The molecule has 3 aromatic carbocycles. The van der Waals surface area contributed by atoms with Gasteiger partial charge >= 0.3 is 7.32 Å². The first-order valence-electron chi connectivity index (χ1n) is 7.25. The van der Waals surface area contributed by atoms with Crippen LogP contribution < -0.4 is 19.7 Å². The Morgan fingerprint density at radius 1 is 0.522 bits per heavy atom. The lowest BCUT2D eigenvalue weighted by atomic mass is 10.2. The highest BCUT2D eigenvalue weighted by Crippen LogP contribution is 2.18. The van der Waals surface area contributed by atoms with Crippen molar-refractivity contribution in [3.05, 3.63) is 84.9 Å². The Kier molecular flexibility index (Phi) is 4.69. The van der Waals surface area contributed by atoms with Crippen LogP contribution in [0.1, 0.15) is 0 Å². The molecule has 0 fully saturated rings. The highest BCUT2D eigenvalue weighted by atomic mass is 16.7. The highest BCUT2D eigenvalue weighted by molar-refractivity contribution is 6.39. The van der Waals surface area contributed by atoms with Crippen LogP contribution in [0.5, 0.6) is 17.2 Å². The van der Waals surface area contributed by atoms with Crippen molar-refractivity contribution in [2.24, 2.45) is 0 Å². The van der Waals surface area contributed by atoms with Crippen LogP contribution in [-0.2, 0) is 0 Å². The summed E-state index contributed by atoms with van der Waals surface area (Å²) in [6.07, 6.45) is 0. The van der Waals surface area contributed by atoms with Crippen molar-refractivity contribution in [1.82, 2.24) is 0 Å². The molecule has 5 heteroatoms. The maximum atomic E-state index is 5.78. The lowest BCUT2D eigenvalue weighted by Gasteiger charge is -2.16. The molecule has 4 nitrogen and oxygen atoms in total. The lowest BCUT2D eigenvalue weighted by Crippen LogP contribution is -2.36. The maximum Gasteiger partial charge on any atom is 0.864 e. The fourth-order valence-corrected chi connectivity index (χ4v) is 1.95. The normalized spacial score (nSPS) is 9.91. The second kappa shape index (κ2) is 7.27. The number of hydrogen-bond donors (Lipinski definition) is 1. The molecule has 0 saturated heterocycles. The highest BCUT2D eigenvalue weighted by Gasteiger charge is 2.30. The molecule has 3 aromatic rings. The van der Waals surface area contributed by atoms with Crippen molar-refractivity contribution in [3.8, 4) is 17.2 Å². The number of hydrogen-bond acceptors (Lipinski definition) is 4. The number of rotatable bonds is 6. The molecule has 0 amide bonds. The lowest BCUT2D eigenvalue weighted by molar-refractivity contribution is 0.307. The van der Waals surface area contributed by atoms with Crippen molar-refractivity contribution < 1.29 is 14.0 Å². The summed E-state index contributed by atoms with van der Waals surface area (Å²) >= 11 is 0. The van der Waals surface area contributed by atoms with E-state index in [2.05, 4.69) is 0 Å². The minimum Gasteiger partial charge on any atom is -0.490 e. The maximum absolute atomic E-state index is 5.78. The van der Waals surface area contributed by atoms with E-state index >= 15 is 0 Å². The van der Waals surface area contributed by atoms with Gasteiger partial charge < -0.3 is 19.7 Å². The number of para-hydroxylation sites is 2. The van der Waals surface area contributed by atoms with Crippen molar-refractivity contribution >= 4 is 13.0 Å². The monoisotopic (exact) mass is 305 g/mol. The summed E-state index contributed by atoms with van der Waals surface area (Å²) in [6, 6.07) is 25.8. The van der Waals surface area contributed by atoms with Gasteiger partial charge in [-0.05, 0) is 48.5 Å². The van der Waals surface area contributed by atoms with Gasteiger partial charge in [-0.25, -0.2) is 0 Å². The molecular formula is C18H16BNO3. The molecule has 0 saturated carbocycles. The molecular weight excluding hydrogens is 289 g/mol. The third-order valence-electron chi connectivity index (χ3n) is 3.06. The second-order valence-corrected chi connectivity index (χ2v) is 4.84. The molecule has 0 heterocycles. The Bertz CT molecular complexity index is 679. The van der Waals surface area contributed by atoms with E-state index < -0.39 is 7.32 Å². The van der Waals surface area contributed by atoms with Crippen LogP contribution in [0.25, 0.3) is 0 Å². The largest absolute Gasteiger partial charge is 0.864 e. The van der Waals surface area contributed by atoms with E-state index in [-0.39, 0.29) is 0 Å². The summed E-state index contributed by atoms with van der Waals surface area (Å²) in [6.45, 7) is 0. The van der Waals surface area contributed by atoms with Gasteiger partial charge in [0.2, 0.25) is 0 Å². The first-order valence-corrected chi connectivity index (χ1v) is 7.25. The smallest absolute Gasteiger partial charge is 0.490 e. The van der Waals surface area contributed by atoms with E-state index in [0.717, 1.165) is 0 Å². The zero-order valence-corrected chi connectivity index (χ0v) is 12.5. The van der Waals surface area contributed by atoms with Gasteiger partial charge in [-0.2, -0.15) is 0 Å². The summed E-state index contributed by atoms with van der Waals surface area (Å²) in [5.41, 5.74) is 6.35. The average molecular weight is 305 g/mol. The van der Waals surface area contributed by atoms with Gasteiger partial charge in [-0.3, -0.25) is 0 Å². The van der Waals surface area contributed by atoms with Crippen molar-refractivity contribution in [2.45, 2.75) is 0 Å². The van der Waals surface area contributed by atoms with Crippen LogP contribution in [0, 0.1) is 0 Å². The number of nitrogens with two attached hydrogens (primary N) is 1. The van der Waals surface area contributed by atoms with E-state index in [1.807, 2.05) is 60.7 Å². The molecule has 0 aliphatic heterocycles. The zero-order valence-electron chi connectivity index (χ0n) is 12.5. The van der Waals surface area contributed by atoms with Crippen molar-refractivity contribution in [1.29, 1.82) is 0 Å². The van der Waals surface area contributed by atoms with Gasteiger partial charge in [0.15, 0.2) is 0 Å². The average Bonchev–Trinajstić information content (AvgIpc) is 2.59.